The second kappa shape index (κ2) is 8.55. The highest BCUT2D eigenvalue weighted by Gasteiger charge is 2.26. The van der Waals surface area contributed by atoms with E-state index in [2.05, 4.69) is 92.0 Å². The van der Waals surface area contributed by atoms with Crippen molar-refractivity contribution in [3.05, 3.63) is 65.6 Å². The fourth-order valence-electron chi connectivity index (χ4n) is 5.19. The lowest BCUT2D eigenvalue weighted by molar-refractivity contribution is 0.363. The van der Waals surface area contributed by atoms with Crippen LogP contribution in [-0.4, -0.2) is 33.6 Å². The van der Waals surface area contributed by atoms with Gasteiger partial charge in [-0.15, -0.1) is 0 Å². The number of aromatic amines is 1. The second-order valence-electron chi connectivity index (χ2n) is 10.5. The van der Waals surface area contributed by atoms with Gasteiger partial charge in [0.2, 0.25) is 0 Å². The fraction of sp³-hybridized carbons (Fsp3) is 0.379. The Balaban J connectivity index is 1.50. The number of rotatable bonds is 4. The third-order valence-electron chi connectivity index (χ3n) is 7.10. The number of anilines is 1. The standard InChI is InChI=1S/C29H35N5/c1-18(2)27-24-16-21(6-8-25(24)33-28(27)23-14-19(3)32-20(4)15-23)22-7-9-26(31-17-22)34-12-10-29(5,30)11-13-34/h6-9,14-18,33H,10-13,30H2,1-5H3. The molecule has 5 heteroatoms. The molecule has 34 heavy (non-hydrogen) atoms. The Hall–Kier alpha value is -3.18. The van der Waals surface area contributed by atoms with E-state index in [0.717, 1.165) is 54.2 Å². The van der Waals surface area contributed by atoms with Gasteiger partial charge in [-0.25, -0.2) is 4.98 Å². The molecule has 3 aromatic heterocycles. The number of hydrogen-bond acceptors (Lipinski definition) is 4. The highest BCUT2D eigenvalue weighted by molar-refractivity contribution is 5.94. The van der Waals surface area contributed by atoms with Crippen molar-refractivity contribution >= 4 is 16.7 Å². The maximum atomic E-state index is 6.30. The zero-order chi connectivity index (χ0) is 24.0. The summed E-state index contributed by atoms with van der Waals surface area (Å²) in [5.41, 5.74) is 15.6. The summed E-state index contributed by atoms with van der Waals surface area (Å²) < 4.78 is 0. The molecule has 0 spiro atoms. The molecule has 0 bridgehead atoms. The lowest BCUT2D eigenvalue weighted by atomic mass is 9.91. The molecule has 176 valence electrons. The normalized spacial score (nSPS) is 15.9. The first-order chi connectivity index (χ1) is 16.2. The van der Waals surface area contributed by atoms with Crippen LogP contribution in [0.3, 0.4) is 0 Å². The highest BCUT2D eigenvalue weighted by atomic mass is 15.2. The van der Waals surface area contributed by atoms with E-state index >= 15 is 0 Å². The predicted molar refractivity (Wildman–Crippen MR) is 142 cm³/mol. The van der Waals surface area contributed by atoms with Gasteiger partial charge in [0.1, 0.15) is 5.82 Å². The third kappa shape index (κ3) is 4.32. The number of hydrogen-bond donors (Lipinski definition) is 2. The van der Waals surface area contributed by atoms with Crippen LogP contribution in [0.4, 0.5) is 5.82 Å². The number of pyridine rings is 2. The molecule has 3 N–H and O–H groups in total. The van der Waals surface area contributed by atoms with Crippen LogP contribution in [0.1, 0.15) is 56.5 Å². The Bertz CT molecular complexity index is 1300. The number of aromatic nitrogens is 3. The first-order valence-electron chi connectivity index (χ1n) is 12.3. The number of aryl methyl sites for hydroxylation is 2. The molecule has 0 unspecified atom stereocenters. The van der Waals surface area contributed by atoms with E-state index in [4.69, 9.17) is 10.7 Å². The van der Waals surface area contributed by atoms with Gasteiger partial charge in [-0.05, 0) is 87.1 Å². The lowest BCUT2D eigenvalue weighted by Gasteiger charge is -2.37. The van der Waals surface area contributed by atoms with E-state index in [9.17, 15) is 0 Å². The quantitative estimate of drug-likeness (QED) is 0.378. The van der Waals surface area contributed by atoms with Gasteiger partial charge in [-0.1, -0.05) is 19.9 Å². The smallest absolute Gasteiger partial charge is 0.128 e. The van der Waals surface area contributed by atoms with Crippen molar-refractivity contribution in [1.82, 2.24) is 15.0 Å². The second-order valence-corrected chi connectivity index (χ2v) is 10.5. The van der Waals surface area contributed by atoms with Crippen LogP contribution in [0.2, 0.25) is 0 Å². The Morgan fingerprint density at radius 3 is 2.24 bits per heavy atom. The van der Waals surface area contributed by atoms with Gasteiger partial charge in [-0.2, -0.15) is 0 Å². The zero-order valence-electron chi connectivity index (χ0n) is 20.9. The topological polar surface area (TPSA) is 70.8 Å². The Morgan fingerprint density at radius 1 is 0.941 bits per heavy atom. The van der Waals surface area contributed by atoms with Crippen LogP contribution >= 0.6 is 0 Å². The number of benzene rings is 1. The minimum absolute atomic E-state index is 0.0525. The number of fused-ring (bicyclic) bond motifs is 1. The molecule has 4 heterocycles. The number of H-pyrrole nitrogens is 1. The summed E-state index contributed by atoms with van der Waals surface area (Å²) in [6.45, 7) is 12.7. The van der Waals surface area contributed by atoms with E-state index in [1.807, 2.05) is 6.20 Å². The van der Waals surface area contributed by atoms with Crippen LogP contribution in [0.25, 0.3) is 33.3 Å². The maximum absolute atomic E-state index is 6.30. The summed E-state index contributed by atoms with van der Waals surface area (Å²) in [4.78, 5) is 15.4. The largest absolute Gasteiger partial charge is 0.356 e. The first-order valence-corrected chi connectivity index (χ1v) is 12.3. The summed E-state index contributed by atoms with van der Waals surface area (Å²) in [6.07, 6.45) is 4.00. The fourth-order valence-corrected chi connectivity index (χ4v) is 5.19. The predicted octanol–water partition coefficient (Wildman–Crippen LogP) is 6.35. The zero-order valence-corrected chi connectivity index (χ0v) is 20.9. The molecule has 0 amide bonds. The molecule has 0 radical (unpaired) electrons. The molecule has 1 aromatic carbocycles. The number of piperidine rings is 1. The first kappa shape index (κ1) is 22.6. The molecule has 1 aliphatic rings. The van der Waals surface area contributed by atoms with Gasteiger partial charge in [-0.3, -0.25) is 4.98 Å². The van der Waals surface area contributed by atoms with Crippen molar-refractivity contribution in [2.45, 2.75) is 58.9 Å². The van der Waals surface area contributed by atoms with Crippen LogP contribution in [0, 0.1) is 13.8 Å². The summed E-state index contributed by atoms with van der Waals surface area (Å²) in [6, 6.07) is 15.4. The molecular weight excluding hydrogens is 418 g/mol. The molecule has 1 fully saturated rings. The molecule has 0 aliphatic carbocycles. The van der Waals surface area contributed by atoms with Crippen LogP contribution in [-0.2, 0) is 0 Å². The van der Waals surface area contributed by atoms with E-state index < -0.39 is 0 Å². The SMILES string of the molecule is Cc1cc(-c2[nH]c3ccc(-c4ccc(N5CCC(C)(N)CC5)nc4)cc3c2C(C)C)cc(C)n1. The van der Waals surface area contributed by atoms with Gasteiger partial charge in [0, 0.05) is 58.2 Å². The van der Waals surface area contributed by atoms with Crippen molar-refractivity contribution < 1.29 is 0 Å². The van der Waals surface area contributed by atoms with Gasteiger partial charge in [0.15, 0.2) is 0 Å². The molecule has 0 saturated carbocycles. The van der Waals surface area contributed by atoms with Gasteiger partial charge in [0.25, 0.3) is 0 Å². The molecular formula is C29H35N5. The lowest BCUT2D eigenvalue weighted by Crippen LogP contribution is -2.48. The molecule has 5 nitrogen and oxygen atoms in total. The minimum Gasteiger partial charge on any atom is -0.356 e. The minimum atomic E-state index is -0.0525. The number of nitrogens with two attached hydrogens (primary N) is 1. The molecule has 1 aliphatic heterocycles. The van der Waals surface area contributed by atoms with E-state index in [1.165, 1.54) is 27.8 Å². The van der Waals surface area contributed by atoms with Crippen molar-refractivity contribution in [1.29, 1.82) is 0 Å². The van der Waals surface area contributed by atoms with Gasteiger partial charge >= 0.3 is 0 Å². The molecule has 4 aromatic rings. The Labute approximate surface area is 202 Å². The Kier molecular flexibility index (Phi) is 5.68. The Morgan fingerprint density at radius 2 is 1.62 bits per heavy atom. The molecule has 5 rings (SSSR count). The van der Waals surface area contributed by atoms with Crippen molar-refractivity contribution in [3.63, 3.8) is 0 Å². The molecule has 0 atom stereocenters. The summed E-state index contributed by atoms with van der Waals surface area (Å²) in [5.74, 6) is 1.43. The van der Waals surface area contributed by atoms with Gasteiger partial charge < -0.3 is 15.6 Å². The molecule has 1 saturated heterocycles. The highest BCUT2D eigenvalue weighted by Crippen LogP contribution is 2.38. The van der Waals surface area contributed by atoms with Crippen molar-refractivity contribution in [3.8, 4) is 22.4 Å². The van der Waals surface area contributed by atoms with Crippen molar-refractivity contribution in [2.75, 3.05) is 18.0 Å². The van der Waals surface area contributed by atoms with Gasteiger partial charge in [0.05, 0.1) is 5.69 Å². The summed E-state index contributed by atoms with van der Waals surface area (Å²) in [7, 11) is 0. The summed E-state index contributed by atoms with van der Waals surface area (Å²) >= 11 is 0. The number of nitrogens with zero attached hydrogens (tertiary/aromatic N) is 3. The van der Waals surface area contributed by atoms with E-state index in [-0.39, 0.29) is 5.54 Å². The van der Waals surface area contributed by atoms with Crippen LogP contribution in [0.15, 0.2) is 48.7 Å². The van der Waals surface area contributed by atoms with Crippen LogP contribution < -0.4 is 10.6 Å². The van der Waals surface area contributed by atoms with E-state index in [1.54, 1.807) is 0 Å². The third-order valence-corrected chi connectivity index (χ3v) is 7.10. The van der Waals surface area contributed by atoms with E-state index in [0.29, 0.717) is 5.92 Å². The monoisotopic (exact) mass is 453 g/mol. The van der Waals surface area contributed by atoms with Crippen molar-refractivity contribution in [2.24, 2.45) is 5.73 Å². The maximum Gasteiger partial charge on any atom is 0.128 e. The average Bonchev–Trinajstić information content (AvgIpc) is 3.18. The number of nitrogens with one attached hydrogen (secondary N) is 1. The van der Waals surface area contributed by atoms with Crippen LogP contribution in [0.5, 0.6) is 0 Å². The summed E-state index contributed by atoms with van der Waals surface area (Å²) in [5, 5.41) is 1.27. The average molecular weight is 454 g/mol.